The number of rotatable bonds is 1. The Balaban J connectivity index is 1.80. The Hall–Kier alpha value is -1.83. The predicted octanol–water partition coefficient (Wildman–Crippen LogP) is 3.62. The van der Waals surface area contributed by atoms with Crippen LogP contribution >= 0.6 is 0 Å². The fourth-order valence-electron chi connectivity index (χ4n) is 3.26. The normalized spacial score (nSPS) is 24.4. The molecule has 2 aliphatic carbocycles. The van der Waals surface area contributed by atoms with E-state index in [0.29, 0.717) is 0 Å². The lowest BCUT2D eigenvalue weighted by atomic mass is 9.69. The number of benzene rings is 1. The third kappa shape index (κ3) is 2.12. The molecule has 0 N–H and O–H groups in total. The van der Waals surface area contributed by atoms with Gasteiger partial charge in [0.05, 0.1) is 7.11 Å². The van der Waals surface area contributed by atoms with Crippen molar-refractivity contribution in [1.29, 1.82) is 0 Å². The van der Waals surface area contributed by atoms with Gasteiger partial charge in [0.2, 0.25) is 0 Å². The van der Waals surface area contributed by atoms with Crippen LogP contribution in [0.3, 0.4) is 0 Å². The molecule has 0 heterocycles. The molecule has 1 spiro atoms. The standard InChI is InChI=1S/C17H18O2/c1-19-16(18)12-13-6-9-17(10-7-13)11-8-14-4-2-3-5-15(14)17/h2-5,8,11-12H,6-7,9-10H2,1H3. The Morgan fingerprint density at radius 1 is 1.26 bits per heavy atom. The average Bonchev–Trinajstić information content (AvgIpc) is 2.81. The second-order valence-electron chi connectivity index (χ2n) is 5.40. The lowest BCUT2D eigenvalue weighted by molar-refractivity contribution is -0.134. The number of methoxy groups -OCH3 is 1. The maximum Gasteiger partial charge on any atom is 0.330 e. The van der Waals surface area contributed by atoms with Gasteiger partial charge in [-0.1, -0.05) is 42.0 Å². The maximum absolute atomic E-state index is 11.3. The summed E-state index contributed by atoms with van der Waals surface area (Å²) in [6.07, 6.45) is 10.4. The summed E-state index contributed by atoms with van der Waals surface area (Å²) < 4.78 is 4.70. The van der Waals surface area contributed by atoms with Gasteiger partial charge in [0, 0.05) is 11.5 Å². The van der Waals surface area contributed by atoms with E-state index >= 15 is 0 Å². The zero-order chi connectivity index (χ0) is 13.3. The molecule has 0 atom stereocenters. The Morgan fingerprint density at radius 2 is 2.00 bits per heavy atom. The minimum atomic E-state index is -0.228. The van der Waals surface area contributed by atoms with E-state index in [1.165, 1.54) is 23.8 Å². The van der Waals surface area contributed by atoms with Crippen molar-refractivity contribution in [3.05, 3.63) is 53.1 Å². The number of hydrogen-bond acceptors (Lipinski definition) is 2. The predicted molar refractivity (Wildman–Crippen MR) is 75.7 cm³/mol. The van der Waals surface area contributed by atoms with E-state index in [2.05, 4.69) is 36.4 Å². The number of fused-ring (bicyclic) bond motifs is 2. The monoisotopic (exact) mass is 254 g/mol. The van der Waals surface area contributed by atoms with Crippen molar-refractivity contribution in [2.75, 3.05) is 7.11 Å². The highest BCUT2D eigenvalue weighted by Crippen LogP contribution is 2.47. The van der Waals surface area contributed by atoms with Gasteiger partial charge < -0.3 is 4.74 Å². The van der Waals surface area contributed by atoms with Crippen LogP contribution in [0.25, 0.3) is 6.08 Å². The quantitative estimate of drug-likeness (QED) is 0.565. The highest BCUT2D eigenvalue weighted by Gasteiger charge is 2.36. The summed E-state index contributed by atoms with van der Waals surface area (Å²) in [5.74, 6) is -0.228. The second kappa shape index (κ2) is 4.69. The summed E-state index contributed by atoms with van der Waals surface area (Å²) in [4.78, 5) is 11.3. The van der Waals surface area contributed by atoms with E-state index in [1.54, 1.807) is 6.08 Å². The van der Waals surface area contributed by atoms with Gasteiger partial charge in [-0.15, -0.1) is 0 Å². The van der Waals surface area contributed by atoms with Gasteiger partial charge in [-0.2, -0.15) is 0 Å². The summed E-state index contributed by atoms with van der Waals surface area (Å²) in [5, 5.41) is 0. The number of carbonyl (C=O) groups is 1. The van der Waals surface area contributed by atoms with E-state index < -0.39 is 0 Å². The Labute approximate surface area is 113 Å². The largest absolute Gasteiger partial charge is 0.466 e. The van der Waals surface area contributed by atoms with Crippen LogP contribution in [0.15, 0.2) is 42.0 Å². The van der Waals surface area contributed by atoms with Crippen molar-refractivity contribution < 1.29 is 9.53 Å². The van der Waals surface area contributed by atoms with Gasteiger partial charge in [-0.05, 0) is 36.8 Å². The topological polar surface area (TPSA) is 26.3 Å². The molecule has 2 nitrogen and oxygen atoms in total. The van der Waals surface area contributed by atoms with Gasteiger partial charge >= 0.3 is 5.97 Å². The molecule has 2 heteroatoms. The van der Waals surface area contributed by atoms with Crippen molar-refractivity contribution in [3.63, 3.8) is 0 Å². The summed E-state index contributed by atoms with van der Waals surface area (Å²) >= 11 is 0. The van der Waals surface area contributed by atoms with E-state index in [9.17, 15) is 4.79 Å². The van der Waals surface area contributed by atoms with Crippen LogP contribution in [0.5, 0.6) is 0 Å². The first-order chi connectivity index (χ1) is 9.23. The SMILES string of the molecule is COC(=O)C=C1CCC2(C=Cc3ccccc32)CC1. The molecular formula is C17H18O2. The van der Waals surface area contributed by atoms with Crippen LogP contribution in [0.1, 0.15) is 36.8 Å². The highest BCUT2D eigenvalue weighted by molar-refractivity contribution is 5.82. The molecule has 0 unspecified atom stereocenters. The van der Waals surface area contributed by atoms with Crippen LogP contribution in [0, 0.1) is 0 Å². The number of hydrogen-bond donors (Lipinski definition) is 0. The van der Waals surface area contributed by atoms with Crippen molar-refractivity contribution in [3.8, 4) is 0 Å². The molecule has 0 aromatic heterocycles. The Kier molecular flexibility index (Phi) is 3.02. The lowest BCUT2D eigenvalue weighted by Crippen LogP contribution is -2.26. The Bertz CT molecular complexity index is 556. The number of esters is 1. The van der Waals surface area contributed by atoms with Crippen molar-refractivity contribution in [2.24, 2.45) is 0 Å². The molecule has 0 radical (unpaired) electrons. The maximum atomic E-state index is 11.3. The fraction of sp³-hybridized carbons (Fsp3) is 0.353. The zero-order valence-electron chi connectivity index (χ0n) is 11.2. The molecule has 3 rings (SSSR count). The van der Waals surface area contributed by atoms with Gasteiger partial charge in [0.1, 0.15) is 0 Å². The first-order valence-electron chi connectivity index (χ1n) is 6.80. The molecule has 98 valence electrons. The molecule has 1 fully saturated rings. The van der Waals surface area contributed by atoms with E-state index in [1.807, 2.05) is 0 Å². The minimum Gasteiger partial charge on any atom is -0.466 e. The number of carbonyl (C=O) groups excluding carboxylic acids is 1. The van der Waals surface area contributed by atoms with E-state index in [4.69, 9.17) is 4.74 Å². The minimum absolute atomic E-state index is 0.198. The van der Waals surface area contributed by atoms with Gasteiger partial charge in [-0.3, -0.25) is 0 Å². The van der Waals surface area contributed by atoms with E-state index in [-0.39, 0.29) is 11.4 Å². The third-order valence-electron chi connectivity index (χ3n) is 4.39. The molecule has 0 saturated heterocycles. The number of ether oxygens (including phenoxy) is 1. The van der Waals surface area contributed by atoms with Crippen LogP contribution in [0.2, 0.25) is 0 Å². The molecule has 1 aromatic rings. The van der Waals surface area contributed by atoms with Gasteiger partial charge in [0.25, 0.3) is 0 Å². The fourth-order valence-corrected chi connectivity index (χ4v) is 3.26. The molecular weight excluding hydrogens is 236 g/mol. The zero-order valence-corrected chi connectivity index (χ0v) is 11.2. The van der Waals surface area contributed by atoms with E-state index in [0.717, 1.165) is 25.7 Å². The molecule has 0 amide bonds. The highest BCUT2D eigenvalue weighted by atomic mass is 16.5. The van der Waals surface area contributed by atoms with Crippen LogP contribution in [-0.4, -0.2) is 13.1 Å². The smallest absolute Gasteiger partial charge is 0.330 e. The molecule has 1 saturated carbocycles. The summed E-state index contributed by atoms with van der Waals surface area (Å²) in [7, 11) is 1.43. The lowest BCUT2D eigenvalue weighted by Gasteiger charge is -2.34. The summed E-state index contributed by atoms with van der Waals surface area (Å²) in [5.41, 5.74) is 4.22. The average molecular weight is 254 g/mol. The van der Waals surface area contributed by atoms with Gasteiger partial charge in [0.15, 0.2) is 0 Å². The van der Waals surface area contributed by atoms with Crippen LogP contribution in [-0.2, 0) is 14.9 Å². The van der Waals surface area contributed by atoms with Crippen molar-refractivity contribution in [1.82, 2.24) is 0 Å². The molecule has 19 heavy (non-hydrogen) atoms. The number of allylic oxidation sites excluding steroid dienone is 2. The van der Waals surface area contributed by atoms with Crippen LogP contribution in [0.4, 0.5) is 0 Å². The first-order valence-corrected chi connectivity index (χ1v) is 6.80. The third-order valence-corrected chi connectivity index (χ3v) is 4.39. The van der Waals surface area contributed by atoms with Crippen molar-refractivity contribution >= 4 is 12.0 Å². The molecule has 2 aliphatic rings. The van der Waals surface area contributed by atoms with Crippen LogP contribution < -0.4 is 0 Å². The molecule has 1 aromatic carbocycles. The molecule has 0 aliphatic heterocycles. The van der Waals surface area contributed by atoms with Gasteiger partial charge in [-0.25, -0.2) is 4.79 Å². The second-order valence-corrected chi connectivity index (χ2v) is 5.40. The Morgan fingerprint density at radius 3 is 2.74 bits per heavy atom. The first kappa shape index (κ1) is 12.2. The summed E-state index contributed by atoms with van der Waals surface area (Å²) in [6.45, 7) is 0. The summed E-state index contributed by atoms with van der Waals surface area (Å²) in [6, 6.07) is 8.63. The molecule has 0 bridgehead atoms. The van der Waals surface area contributed by atoms with Crippen molar-refractivity contribution in [2.45, 2.75) is 31.1 Å².